The molecule has 13 nitrogen and oxygen atoms in total. The molecule has 1 aromatic carbocycles. The van der Waals surface area contributed by atoms with Crippen LogP contribution in [-0.4, -0.2) is 108 Å². The summed E-state index contributed by atoms with van der Waals surface area (Å²) in [7, 11) is 2.01. The van der Waals surface area contributed by atoms with Crippen LogP contribution >= 0.6 is 11.3 Å². The fraction of sp³-hybridized carbons (Fsp3) is 0.708. The van der Waals surface area contributed by atoms with E-state index in [-0.39, 0.29) is 97.5 Å². The van der Waals surface area contributed by atoms with E-state index < -0.39 is 23.8 Å². The van der Waals surface area contributed by atoms with Gasteiger partial charge in [-0.25, -0.2) is 4.98 Å². The van der Waals surface area contributed by atoms with Gasteiger partial charge in [0.2, 0.25) is 11.8 Å². The number of hydrogen-bond donors (Lipinski definition) is 3. The first-order valence-electron chi connectivity index (χ1n) is 23.2. The number of carbonyl (C=O) groups is 5. The van der Waals surface area contributed by atoms with Crippen LogP contribution in [0.4, 0.5) is 0 Å². The van der Waals surface area contributed by atoms with E-state index in [9.17, 15) is 29.1 Å². The van der Waals surface area contributed by atoms with E-state index in [1.165, 1.54) is 11.3 Å². The van der Waals surface area contributed by atoms with Gasteiger partial charge in [-0.1, -0.05) is 93.2 Å². The maximum atomic E-state index is 14.8. The van der Waals surface area contributed by atoms with Gasteiger partial charge in [0.1, 0.15) is 24.7 Å². The van der Waals surface area contributed by atoms with Crippen LogP contribution in [0.1, 0.15) is 153 Å². The summed E-state index contributed by atoms with van der Waals surface area (Å²) >= 11 is 1.40. The molecular formula is C48H77N5O8S. The molecule has 2 heterocycles. The van der Waals surface area contributed by atoms with Crippen LogP contribution in [-0.2, 0) is 35.1 Å². The van der Waals surface area contributed by atoms with Crippen molar-refractivity contribution in [3.8, 4) is 5.75 Å². The number of ketones is 1. The lowest BCUT2D eigenvalue weighted by Gasteiger charge is -2.39. The first-order chi connectivity index (χ1) is 29.6. The Labute approximate surface area is 375 Å². The zero-order valence-electron chi connectivity index (χ0n) is 39.1. The Morgan fingerprint density at radius 3 is 2.34 bits per heavy atom. The van der Waals surface area contributed by atoms with Crippen LogP contribution in [0.3, 0.4) is 0 Å². The van der Waals surface area contributed by atoms with Gasteiger partial charge in [-0.3, -0.25) is 28.9 Å². The second-order valence-corrected chi connectivity index (χ2v) is 18.7. The lowest BCUT2D eigenvalue weighted by atomic mass is 9.82. The fourth-order valence-corrected chi connectivity index (χ4v) is 9.02. The van der Waals surface area contributed by atoms with Gasteiger partial charge >= 0.3 is 5.97 Å². The Morgan fingerprint density at radius 2 is 1.69 bits per heavy atom. The van der Waals surface area contributed by atoms with Crippen molar-refractivity contribution in [2.24, 2.45) is 23.7 Å². The highest BCUT2D eigenvalue weighted by Gasteiger charge is 2.38. The first kappa shape index (κ1) is 52.5. The Morgan fingerprint density at radius 1 is 0.968 bits per heavy atom. The maximum Gasteiger partial charge on any atom is 0.325 e. The van der Waals surface area contributed by atoms with Crippen molar-refractivity contribution >= 4 is 40.8 Å². The highest BCUT2D eigenvalue weighted by atomic mass is 32.1. The standard InChI is InChI=1S/C48H77N5O8S/c1-10-13-16-24-60-31-53(48(59)39(33(6)12-3)28-43(55)41-17-14-15-22-52(41)9)42(32(4)5)26-35(8)47-51-40(30-62-47)46(58)50-37(27-36-18-20-38(54)21-19-36)25-34(7)45(57)49-29-44(56)61-23-11-2/h18-21,30,32-35,37,39,41-42,54H,10-17,22-29,31H2,1-9H3,(H,49,57)(H,50,58)/t33?,34-,35+,37+,39-,41?,42+/m0/s1. The number of piperidine rings is 1. The normalized spacial score (nSPS) is 17.4. The summed E-state index contributed by atoms with van der Waals surface area (Å²) in [5.41, 5.74) is 1.13. The smallest absolute Gasteiger partial charge is 0.325 e. The van der Waals surface area contributed by atoms with Crippen molar-refractivity contribution < 1.29 is 38.6 Å². The van der Waals surface area contributed by atoms with Crippen molar-refractivity contribution in [3.63, 3.8) is 0 Å². The van der Waals surface area contributed by atoms with E-state index in [0.717, 1.165) is 62.1 Å². The van der Waals surface area contributed by atoms with Crippen molar-refractivity contribution in [1.82, 2.24) is 25.4 Å². The molecule has 0 radical (unpaired) electrons. The van der Waals surface area contributed by atoms with Crippen LogP contribution in [0.15, 0.2) is 29.6 Å². The number of carbonyl (C=O) groups excluding carboxylic acids is 5. The lowest BCUT2D eigenvalue weighted by molar-refractivity contribution is -0.150. The van der Waals surface area contributed by atoms with Gasteiger partial charge in [0.15, 0.2) is 5.78 Å². The molecule has 3 rings (SSSR count). The van der Waals surface area contributed by atoms with Crippen molar-refractivity contribution in [1.29, 1.82) is 0 Å². The number of phenolic OH excluding ortho intramolecular Hbond substituents is 1. The molecule has 1 saturated heterocycles. The highest BCUT2D eigenvalue weighted by molar-refractivity contribution is 7.09. The average Bonchev–Trinajstić information content (AvgIpc) is 3.76. The molecule has 1 aliphatic rings. The third-order valence-electron chi connectivity index (χ3n) is 12.3. The maximum absolute atomic E-state index is 14.8. The van der Waals surface area contributed by atoms with E-state index in [2.05, 4.69) is 57.1 Å². The third-order valence-corrected chi connectivity index (χ3v) is 13.3. The summed E-state index contributed by atoms with van der Waals surface area (Å²) in [5.74, 6) is -1.99. The number of aromatic nitrogens is 1. The second-order valence-electron chi connectivity index (χ2n) is 17.8. The molecule has 7 atom stereocenters. The fourth-order valence-electron chi connectivity index (χ4n) is 8.15. The second kappa shape index (κ2) is 27.3. The number of benzene rings is 1. The molecule has 1 fully saturated rings. The molecule has 62 heavy (non-hydrogen) atoms. The van der Waals surface area contributed by atoms with Crippen molar-refractivity contribution in [3.05, 3.63) is 45.9 Å². The minimum atomic E-state index is -0.539. The predicted octanol–water partition coefficient (Wildman–Crippen LogP) is 7.90. The summed E-state index contributed by atoms with van der Waals surface area (Å²) in [6.45, 7) is 17.9. The molecule has 3 amide bonds. The molecule has 14 heteroatoms. The van der Waals surface area contributed by atoms with E-state index in [4.69, 9.17) is 14.5 Å². The number of amides is 3. The molecular weight excluding hydrogens is 807 g/mol. The minimum absolute atomic E-state index is 0.0118. The third kappa shape index (κ3) is 17.0. The van der Waals surface area contributed by atoms with E-state index in [1.54, 1.807) is 36.6 Å². The minimum Gasteiger partial charge on any atom is -0.508 e. The Hall–Kier alpha value is -3.88. The van der Waals surface area contributed by atoms with Gasteiger partial charge < -0.3 is 30.1 Å². The number of ether oxygens (including phenoxy) is 2. The number of phenols is 1. The topological polar surface area (TPSA) is 167 Å². The number of aromatic hydroxyl groups is 1. The quantitative estimate of drug-likeness (QED) is 0.0434. The van der Waals surface area contributed by atoms with Gasteiger partial charge in [-0.15, -0.1) is 11.3 Å². The summed E-state index contributed by atoms with van der Waals surface area (Å²) in [5, 5.41) is 18.1. The number of thiazole rings is 1. The Bertz CT molecular complexity index is 1690. The molecule has 0 spiro atoms. The predicted molar refractivity (Wildman–Crippen MR) is 245 cm³/mol. The van der Waals surface area contributed by atoms with Gasteiger partial charge in [-0.2, -0.15) is 0 Å². The molecule has 0 bridgehead atoms. The molecule has 348 valence electrons. The van der Waals surface area contributed by atoms with Gasteiger partial charge in [0.25, 0.3) is 5.91 Å². The number of nitrogens with one attached hydrogen (secondary N) is 2. The average molecular weight is 884 g/mol. The van der Waals surface area contributed by atoms with Crippen LogP contribution < -0.4 is 10.6 Å². The summed E-state index contributed by atoms with van der Waals surface area (Å²) in [6, 6.07) is 5.89. The number of esters is 1. The number of likely N-dealkylation sites (N-methyl/N-ethyl adjacent to an activating group) is 1. The highest BCUT2D eigenvalue weighted by Crippen LogP contribution is 2.33. The lowest BCUT2D eigenvalue weighted by Crippen LogP contribution is -2.50. The van der Waals surface area contributed by atoms with Gasteiger partial charge in [0, 0.05) is 48.2 Å². The van der Waals surface area contributed by atoms with Crippen LogP contribution in [0, 0.1) is 23.7 Å². The molecule has 0 saturated carbocycles. The monoisotopic (exact) mass is 884 g/mol. The zero-order chi connectivity index (χ0) is 45.8. The van der Waals surface area contributed by atoms with E-state index in [1.807, 2.05) is 18.9 Å². The van der Waals surface area contributed by atoms with Crippen molar-refractivity contribution in [2.45, 2.75) is 156 Å². The number of hydrogen-bond acceptors (Lipinski definition) is 11. The Balaban J connectivity index is 1.81. The van der Waals surface area contributed by atoms with E-state index >= 15 is 0 Å². The number of likely N-dealkylation sites (tertiary alicyclic amines) is 1. The molecule has 2 unspecified atom stereocenters. The van der Waals surface area contributed by atoms with Crippen LogP contribution in [0.5, 0.6) is 5.75 Å². The largest absolute Gasteiger partial charge is 0.508 e. The van der Waals surface area contributed by atoms with Crippen LogP contribution in [0.25, 0.3) is 0 Å². The molecule has 2 aromatic rings. The number of unbranched alkanes of at least 4 members (excludes halogenated alkanes) is 2. The number of rotatable bonds is 28. The Kier molecular flexibility index (Phi) is 23.1. The van der Waals surface area contributed by atoms with Gasteiger partial charge in [-0.05, 0) is 88.1 Å². The van der Waals surface area contributed by atoms with Crippen molar-refractivity contribution in [2.75, 3.05) is 40.1 Å². The molecule has 0 aliphatic carbocycles. The SMILES string of the molecule is CCCCCOCN(C(=O)[C@@H](CC(=O)C1CCCCN1C)C(C)CC)[C@H](C[C@@H](C)c1nc(C(=O)N[C@@H](Cc2ccc(O)cc2)C[C@H](C)C(=O)NCC(=O)OCCC)cs1)C(C)C. The molecule has 1 aromatic heterocycles. The number of Topliss-reactive ketones (excluding diaryl/α,β-unsaturated/α-hetero) is 1. The molecule has 1 aliphatic heterocycles. The number of nitrogens with zero attached hydrogens (tertiary/aromatic N) is 3. The summed E-state index contributed by atoms with van der Waals surface area (Å²) in [6.07, 6.45) is 8.89. The molecule has 3 N–H and O–H groups in total. The summed E-state index contributed by atoms with van der Waals surface area (Å²) in [4.78, 5) is 76.4. The van der Waals surface area contributed by atoms with Gasteiger partial charge in [0.05, 0.1) is 17.7 Å². The van der Waals surface area contributed by atoms with E-state index in [0.29, 0.717) is 25.9 Å². The summed E-state index contributed by atoms with van der Waals surface area (Å²) < 4.78 is 11.3. The first-order valence-corrected chi connectivity index (χ1v) is 24.1. The van der Waals surface area contributed by atoms with Crippen LogP contribution in [0.2, 0.25) is 0 Å². The zero-order valence-corrected chi connectivity index (χ0v) is 39.9.